The van der Waals surface area contributed by atoms with Crippen LogP contribution in [0.25, 0.3) is 0 Å². The van der Waals surface area contributed by atoms with Gasteiger partial charge < -0.3 is 16.0 Å². The number of amides is 2. The summed E-state index contributed by atoms with van der Waals surface area (Å²) in [5, 5.41) is 2.82. The van der Waals surface area contributed by atoms with Gasteiger partial charge >= 0.3 is 0 Å². The Morgan fingerprint density at radius 2 is 1.79 bits per heavy atom. The van der Waals surface area contributed by atoms with Crippen LogP contribution < -0.4 is 11.1 Å². The van der Waals surface area contributed by atoms with E-state index in [1.54, 1.807) is 24.3 Å². The number of halogens is 1. The largest absolute Gasteiger partial charge is 0.339 e. The molecule has 6 heteroatoms. The van der Waals surface area contributed by atoms with Gasteiger partial charge in [-0.05, 0) is 50.1 Å². The molecule has 0 saturated heterocycles. The molecule has 0 unspecified atom stereocenters. The predicted octanol–water partition coefficient (Wildman–Crippen LogP) is 3.19. The topological polar surface area (TPSA) is 75.4 Å². The zero-order valence-electron chi connectivity index (χ0n) is 14.3. The van der Waals surface area contributed by atoms with Crippen molar-refractivity contribution in [2.24, 2.45) is 5.73 Å². The fourth-order valence-electron chi connectivity index (χ4n) is 3.02. The number of nitrogens with one attached hydrogen (secondary N) is 1. The molecular weight excluding hydrogens is 326 g/mol. The number of nitrogens with two attached hydrogens (primary N) is 1. The number of benzene rings is 1. The van der Waals surface area contributed by atoms with Gasteiger partial charge in [0.05, 0.1) is 0 Å². The van der Waals surface area contributed by atoms with Gasteiger partial charge in [-0.2, -0.15) is 0 Å². The molecule has 1 aliphatic carbocycles. The van der Waals surface area contributed by atoms with Crippen molar-refractivity contribution in [2.45, 2.75) is 51.0 Å². The number of anilines is 1. The molecule has 1 fully saturated rings. The van der Waals surface area contributed by atoms with E-state index in [2.05, 4.69) is 5.32 Å². The molecule has 134 valence electrons. The van der Waals surface area contributed by atoms with E-state index in [1.165, 1.54) is 19.3 Å². The van der Waals surface area contributed by atoms with Crippen LogP contribution in [0.1, 0.15) is 55.3 Å². The van der Waals surface area contributed by atoms with Crippen LogP contribution in [0.5, 0.6) is 0 Å². The monoisotopic (exact) mass is 353 g/mol. The van der Waals surface area contributed by atoms with Crippen molar-refractivity contribution in [2.75, 3.05) is 18.9 Å². The van der Waals surface area contributed by atoms with Crippen LogP contribution >= 0.6 is 12.4 Å². The average molecular weight is 354 g/mol. The van der Waals surface area contributed by atoms with Gasteiger partial charge in [0.15, 0.2) is 0 Å². The molecule has 1 aliphatic rings. The first-order valence-electron chi connectivity index (χ1n) is 8.49. The molecule has 0 bridgehead atoms. The summed E-state index contributed by atoms with van der Waals surface area (Å²) in [6.45, 7) is 0.508. The van der Waals surface area contributed by atoms with E-state index >= 15 is 0 Å². The van der Waals surface area contributed by atoms with Gasteiger partial charge in [-0.1, -0.05) is 19.3 Å². The highest BCUT2D eigenvalue weighted by atomic mass is 35.5. The van der Waals surface area contributed by atoms with Crippen molar-refractivity contribution in [1.82, 2.24) is 4.90 Å². The van der Waals surface area contributed by atoms with Crippen molar-refractivity contribution in [1.29, 1.82) is 0 Å². The summed E-state index contributed by atoms with van der Waals surface area (Å²) < 4.78 is 0. The summed E-state index contributed by atoms with van der Waals surface area (Å²) in [7, 11) is 1.89. The molecule has 0 aromatic heterocycles. The first-order valence-corrected chi connectivity index (χ1v) is 8.49. The summed E-state index contributed by atoms with van der Waals surface area (Å²) in [4.78, 5) is 26.1. The van der Waals surface area contributed by atoms with E-state index in [4.69, 9.17) is 5.73 Å². The van der Waals surface area contributed by atoms with E-state index < -0.39 is 0 Å². The van der Waals surface area contributed by atoms with Crippen molar-refractivity contribution in [3.8, 4) is 0 Å². The standard InChI is InChI=1S/C18H27N3O2.ClH/c1-21(16-6-3-2-4-7-16)18(23)14-9-11-15(12-10-14)20-17(22)8-5-13-19;/h9-12,16H,2-8,13,19H2,1H3,(H,20,22);1H. The summed E-state index contributed by atoms with van der Waals surface area (Å²) in [5.41, 5.74) is 6.77. The highest BCUT2D eigenvalue weighted by molar-refractivity contribution is 5.95. The molecule has 0 spiro atoms. The quantitative estimate of drug-likeness (QED) is 0.824. The van der Waals surface area contributed by atoms with Gasteiger partial charge in [0.2, 0.25) is 5.91 Å². The van der Waals surface area contributed by atoms with E-state index in [1.807, 2.05) is 11.9 Å². The first kappa shape index (κ1) is 20.5. The second-order valence-electron chi connectivity index (χ2n) is 6.23. The maximum Gasteiger partial charge on any atom is 0.253 e. The number of rotatable bonds is 6. The molecule has 0 atom stereocenters. The zero-order valence-corrected chi connectivity index (χ0v) is 15.1. The molecule has 5 nitrogen and oxygen atoms in total. The summed E-state index contributed by atoms with van der Waals surface area (Å²) in [5.74, 6) is 0.00626. The van der Waals surface area contributed by atoms with Gasteiger partial charge in [-0.3, -0.25) is 9.59 Å². The minimum Gasteiger partial charge on any atom is -0.339 e. The Bertz CT molecular complexity index is 528. The molecule has 24 heavy (non-hydrogen) atoms. The molecule has 0 heterocycles. The Morgan fingerprint density at radius 1 is 1.17 bits per heavy atom. The van der Waals surface area contributed by atoms with E-state index in [-0.39, 0.29) is 24.2 Å². The fraction of sp³-hybridized carbons (Fsp3) is 0.556. The number of hydrogen-bond donors (Lipinski definition) is 2. The number of carbonyl (C=O) groups is 2. The second kappa shape index (κ2) is 10.3. The third kappa shape index (κ3) is 5.80. The lowest BCUT2D eigenvalue weighted by atomic mass is 9.94. The van der Waals surface area contributed by atoms with Crippen LogP contribution in [0.15, 0.2) is 24.3 Å². The van der Waals surface area contributed by atoms with E-state index in [0.29, 0.717) is 36.7 Å². The lowest BCUT2D eigenvalue weighted by Gasteiger charge is -2.31. The highest BCUT2D eigenvalue weighted by Crippen LogP contribution is 2.23. The van der Waals surface area contributed by atoms with Gasteiger partial charge in [0.25, 0.3) is 5.91 Å². The van der Waals surface area contributed by atoms with Crippen molar-refractivity contribution in [3.63, 3.8) is 0 Å². The Kier molecular flexibility index (Phi) is 8.79. The SMILES string of the molecule is CN(C(=O)c1ccc(NC(=O)CCCN)cc1)C1CCCCC1.Cl. The molecule has 1 aromatic rings. The van der Waals surface area contributed by atoms with Crippen molar-refractivity contribution < 1.29 is 9.59 Å². The normalized spacial score (nSPS) is 14.6. The number of nitrogens with zero attached hydrogens (tertiary/aromatic N) is 1. The lowest BCUT2D eigenvalue weighted by Crippen LogP contribution is -2.38. The molecule has 1 saturated carbocycles. The summed E-state index contributed by atoms with van der Waals surface area (Å²) in [6, 6.07) is 7.47. The van der Waals surface area contributed by atoms with Gasteiger partial charge in [-0.25, -0.2) is 0 Å². The Hall–Kier alpha value is -1.59. The van der Waals surface area contributed by atoms with Gasteiger partial charge in [-0.15, -0.1) is 12.4 Å². The molecular formula is C18H28ClN3O2. The zero-order chi connectivity index (χ0) is 16.7. The number of hydrogen-bond acceptors (Lipinski definition) is 3. The molecule has 1 aromatic carbocycles. The third-order valence-corrected chi connectivity index (χ3v) is 4.47. The van der Waals surface area contributed by atoms with Gasteiger partial charge in [0.1, 0.15) is 0 Å². The third-order valence-electron chi connectivity index (χ3n) is 4.47. The molecule has 2 amide bonds. The first-order chi connectivity index (χ1) is 11.1. The van der Waals surface area contributed by atoms with Crippen molar-refractivity contribution in [3.05, 3.63) is 29.8 Å². The lowest BCUT2D eigenvalue weighted by molar-refractivity contribution is -0.116. The molecule has 0 radical (unpaired) electrons. The molecule has 2 rings (SSSR count). The van der Waals surface area contributed by atoms with Crippen LogP contribution in [0.3, 0.4) is 0 Å². The summed E-state index contributed by atoms with van der Waals surface area (Å²) >= 11 is 0. The van der Waals surface area contributed by atoms with Crippen LogP contribution in [0, 0.1) is 0 Å². The summed E-state index contributed by atoms with van der Waals surface area (Å²) in [6.07, 6.45) is 6.97. The van der Waals surface area contributed by atoms with Crippen molar-refractivity contribution >= 4 is 29.9 Å². The van der Waals surface area contributed by atoms with E-state index in [9.17, 15) is 9.59 Å². The van der Waals surface area contributed by atoms with Crippen LogP contribution in [-0.4, -0.2) is 36.3 Å². The Balaban J connectivity index is 0.00000288. The molecule has 3 N–H and O–H groups in total. The average Bonchev–Trinajstić information content (AvgIpc) is 2.60. The predicted molar refractivity (Wildman–Crippen MR) is 99.6 cm³/mol. The van der Waals surface area contributed by atoms with Crippen LogP contribution in [0.4, 0.5) is 5.69 Å². The van der Waals surface area contributed by atoms with E-state index in [0.717, 1.165) is 12.8 Å². The maximum atomic E-state index is 12.5. The van der Waals surface area contributed by atoms with Gasteiger partial charge in [0, 0.05) is 30.8 Å². The number of carbonyl (C=O) groups excluding carboxylic acids is 2. The minimum absolute atomic E-state index is 0. The minimum atomic E-state index is -0.0474. The second-order valence-corrected chi connectivity index (χ2v) is 6.23. The molecule has 0 aliphatic heterocycles. The Morgan fingerprint density at radius 3 is 2.38 bits per heavy atom. The fourth-order valence-corrected chi connectivity index (χ4v) is 3.02. The smallest absolute Gasteiger partial charge is 0.253 e. The maximum absolute atomic E-state index is 12.5. The van der Waals surface area contributed by atoms with Crippen LogP contribution in [0.2, 0.25) is 0 Å². The Labute approximate surface area is 150 Å². The highest BCUT2D eigenvalue weighted by Gasteiger charge is 2.22. The van der Waals surface area contributed by atoms with Crippen LogP contribution in [-0.2, 0) is 4.79 Å².